The molecule has 156 valence electrons. The van der Waals surface area contributed by atoms with Crippen LogP contribution in [-0.2, 0) is 4.79 Å². The van der Waals surface area contributed by atoms with Crippen molar-refractivity contribution in [2.45, 2.75) is 45.1 Å². The Balaban J connectivity index is 1.70. The van der Waals surface area contributed by atoms with Gasteiger partial charge in [-0.2, -0.15) is 0 Å². The van der Waals surface area contributed by atoms with E-state index in [2.05, 4.69) is 34.7 Å². The lowest BCUT2D eigenvalue weighted by Crippen LogP contribution is -2.31. The molecule has 0 aliphatic carbocycles. The number of hydrogen-bond donors (Lipinski definition) is 2. The van der Waals surface area contributed by atoms with Crippen LogP contribution in [-0.4, -0.2) is 22.0 Å². The largest absolute Gasteiger partial charge is 0.345 e. The Hall–Kier alpha value is -3.06. The van der Waals surface area contributed by atoms with Crippen molar-refractivity contribution < 1.29 is 9.59 Å². The highest BCUT2D eigenvalue weighted by molar-refractivity contribution is 7.15. The van der Waals surface area contributed by atoms with Gasteiger partial charge in [0.15, 0.2) is 0 Å². The molecule has 2 aromatic carbocycles. The van der Waals surface area contributed by atoms with E-state index < -0.39 is 6.04 Å². The Morgan fingerprint density at radius 2 is 1.57 bits per heavy atom. The van der Waals surface area contributed by atoms with Crippen molar-refractivity contribution in [2.75, 3.05) is 5.32 Å². The summed E-state index contributed by atoms with van der Waals surface area (Å²) in [6.07, 6.45) is 2.07. The molecule has 3 rings (SSSR count). The highest BCUT2D eigenvalue weighted by Crippen LogP contribution is 2.28. The fourth-order valence-electron chi connectivity index (χ4n) is 3.21. The summed E-state index contributed by atoms with van der Waals surface area (Å²) in [5.41, 5.74) is 1.42. The number of anilines is 1. The summed E-state index contributed by atoms with van der Waals surface area (Å²) in [7, 11) is 0. The van der Waals surface area contributed by atoms with Gasteiger partial charge in [0.2, 0.25) is 11.0 Å². The number of nitrogens with zero attached hydrogens (tertiary/aromatic N) is 2. The molecule has 0 aliphatic heterocycles. The Morgan fingerprint density at radius 1 is 0.933 bits per heavy atom. The topological polar surface area (TPSA) is 84.0 Å². The number of amides is 2. The van der Waals surface area contributed by atoms with Gasteiger partial charge in [-0.1, -0.05) is 73.7 Å². The van der Waals surface area contributed by atoms with E-state index in [1.807, 2.05) is 48.5 Å². The minimum Gasteiger partial charge on any atom is -0.345 e. The van der Waals surface area contributed by atoms with Crippen molar-refractivity contribution >= 4 is 28.3 Å². The maximum absolute atomic E-state index is 12.7. The van der Waals surface area contributed by atoms with Gasteiger partial charge in [0.1, 0.15) is 5.01 Å². The molecule has 1 unspecified atom stereocenters. The SMILES string of the molecule is CCC(CC)c1nnc(NC(=O)CC(NC(=O)c2ccccc2)c2ccccc2)s1. The molecule has 0 fully saturated rings. The van der Waals surface area contributed by atoms with E-state index in [1.54, 1.807) is 12.1 Å². The number of aromatic nitrogens is 2. The molecule has 1 aromatic heterocycles. The lowest BCUT2D eigenvalue weighted by molar-refractivity contribution is -0.116. The first-order chi connectivity index (χ1) is 14.6. The van der Waals surface area contributed by atoms with Gasteiger partial charge in [-0.15, -0.1) is 10.2 Å². The van der Waals surface area contributed by atoms with Crippen LogP contribution in [0.25, 0.3) is 0 Å². The van der Waals surface area contributed by atoms with Crippen LogP contribution in [0.3, 0.4) is 0 Å². The number of nitrogens with one attached hydrogen (secondary N) is 2. The van der Waals surface area contributed by atoms with Crippen LogP contribution in [0.5, 0.6) is 0 Å². The lowest BCUT2D eigenvalue weighted by Gasteiger charge is -2.19. The third-order valence-corrected chi connectivity index (χ3v) is 5.96. The van der Waals surface area contributed by atoms with Crippen molar-refractivity contribution in [3.63, 3.8) is 0 Å². The van der Waals surface area contributed by atoms with Crippen LogP contribution in [0.2, 0.25) is 0 Å². The van der Waals surface area contributed by atoms with Gasteiger partial charge in [-0.05, 0) is 30.5 Å². The average Bonchev–Trinajstić information content (AvgIpc) is 3.23. The molecule has 2 amide bonds. The van der Waals surface area contributed by atoms with Crippen molar-refractivity contribution in [2.24, 2.45) is 0 Å². The average molecular weight is 423 g/mol. The third-order valence-electron chi connectivity index (χ3n) is 4.95. The number of carbonyl (C=O) groups excluding carboxylic acids is 2. The number of rotatable bonds is 9. The number of hydrogen-bond acceptors (Lipinski definition) is 5. The van der Waals surface area contributed by atoms with Gasteiger partial charge >= 0.3 is 0 Å². The van der Waals surface area contributed by atoms with E-state index in [0.717, 1.165) is 23.4 Å². The summed E-state index contributed by atoms with van der Waals surface area (Å²) in [5.74, 6) is -0.0796. The normalized spacial score (nSPS) is 11.8. The molecule has 1 heterocycles. The summed E-state index contributed by atoms with van der Waals surface area (Å²) in [6.45, 7) is 4.24. The second-order valence-electron chi connectivity index (χ2n) is 7.01. The Bertz CT molecular complexity index is 956. The smallest absolute Gasteiger partial charge is 0.251 e. The second kappa shape index (κ2) is 10.6. The molecule has 7 heteroatoms. The summed E-state index contributed by atoms with van der Waals surface area (Å²) in [6, 6.07) is 18.0. The number of benzene rings is 2. The third kappa shape index (κ3) is 5.73. The molecule has 30 heavy (non-hydrogen) atoms. The lowest BCUT2D eigenvalue weighted by atomic mass is 10.0. The first-order valence-corrected chi connectivity index (χ1v) is 11.0. The molecule has 0 radical (unpaired) electrons. The summed E-state index contributed by atoms with van der Waals surface area (Å²) in [5, 5.41) is 15.6. The fraction of sp³-hybridized carbons (Fsp3) is 0.304. The van der Waals surface area contributed by atoms with Gasteiger partial charge in [0.05, 0.1) is 12.5 Å². The minimum absolute atomic E-state index is 0.0997. The highest BCUT2D eigenvalue weighted by atomic mass is 32.1. The summed E-state index contributed by atoms with van der Waals surface area (Å²) >= 11 is 1.41. The zero-order valence-electron chi connectivity index (χ0n) is 17.2. The van der Waals surface area contributed by atoms with Crippen LogP contribution in [0.1, 0.15) is 66.0 Å². The van der Waals surface area contributed by atoms with E-state index >= 15 is 0 Å². The van der Waals surface area contributed by atoms with Crippen LogP contribution in [0.15, 0.2) is 60.7 Å². The molecule has 2 N–H and O–H groups in total. The number of carbonyl (C=O) groups is 2. The van der Waals surface area contributed by atoms with Gasteiger partial charge in [0.25, 0.3) is 5.91 Å². The minimum atomic E-state index is -0.453. The first kappa shape index (κ1) is 21.6. The molecule has 3 aromatic rings. The molecule has 6 nitrogen and oxygen atoms in total. The molecule has 0 bridgehead atoms. The Labute approximate surface area is 180 Å². The second-order valence-corrected chi connectivity index (χ2v) is 8.02. The van der Waals surface area contributed by atoms with Crippen LogP contribution in [0, 0.1) is 0 Å². The highest BCUT2D eigenvalue weighted by Gasteiger charge is 2.21. The molecule has 0 spiro atoms. The standard InChI is InChI=1S/C23H26N4O2S/c1-3-16(4-2)22-26-27-23(30-22)25-20(28)15-19(17-11-7-5-8-12-17)24-21(29)18-13-9-6-10-14-18/h5-14,16,19H,3-4,15H2,1-2H3,(H,24,29)(H,25,27,28). The first-order valence-electron chi connectivity index (χ1n) is 10.1. The quantitative estimate of drug-likeness (QED) is 0.511. The van der Waals surface area contributed by atoms with Gasteiger partial charge in [-0.25, -0.2) is 0 Å². The monoisotopic (exact) mass is 422 g/mol. The molecule has 1 atom stereocenters. The van der Waals surface area contributed by atoms with E-state index in [9.17, 15) is 9.59 Å². The van der Waals surface area contributed by atoms with Crippen molar-refractivity contribution in [1.82, 2.24) is 15.5 Å². The molecular formula is C23H26N4O2S. The Kier molecular flexibility index (Phi) is 7.68. The van der Waals surface area contributed by atoms with Crippen molar-refractivity contribution in [1.29, 1.82) is 0 Å². The summed E-state index contributed by atoms with van der Waals surface area (Å²) in [4.78, 5) is 25.4. The predicted octanol–water partition coefficient (Wildman–Crippen LogP) is 4.94. The summed E-state index contributed by atoms with van der Waals surface area (Å²) < 4.78 is 0. The van der Waals surface area contributed by atoms with Crippen LogP contribution in [0.4, 0.5) is 5.13 Å². The molecule has 0 aliphatic rings. The molecule has 0 saturated carbocycles. The molecule has 0 saturated heterocycles. The van der Waals surface area contributed by atoms with Gasteiger partial charge < -0.3 is 10.6 Å². The maximum Gasteiger partial charge on any atom is 0.251 e. The zero-order chi connectivity index (χ0) is 21.3. The van der Waals surface area contributed by atoms with E-state index in [0.29, 0.717) is 16.6 Å². The predicted molar refractivity (Wildman–Crippen MR) is 120 cm³/mol. The Morgan fingerprint density at radius 3 is 2.20 bits per heavy atom. The van der Waals surface area contributed by atoms with E-state index in [1.165, 1.54) is 11.3 Å². The van der Waals surface area contributed by atoms with Crippen LogP contribution < -0.4 is 10.6 Å². The maximum atomic E-state index is 12.7. The van der Waals surface area contributed by atoms with Gasteiger partial charge in [-0.3, -0.25) is 9.59 Å². The van der Waals surface area contributed by atoms with E-state index in [-0.39, 0.29) is 18.2 Å². The van der Waals surface area contributed by atoms with E-state index in [4.69, 9.17) is 0 Å². The fourth-order valence-corrected chi connectivity index (χ4v) is 4.24. The van der Waals surface area contributed by atoms with Gasteiger partial charge in [0, 0.05) is 11.5 Å². The zero-order valence-corrected chi connectivity index (χ0v) is 18.0. The van der Waals surface area contributed by atoms with Crippen LogP contribution >= 0.6 is 11.3 Å². The molecular weight excluding hydrogens is 396 g/mol. The van der Waals surface area contributed by atoms with Crippen molar-refractivity contribution in [3.8, 4) is 0 Å². The van der Waals surface area contributed by atoms with Crippen molar-refractivity contribution in [3.05, 3.63) is 76.8 Å².